The van der Waals surface area contributed by atoms with Gasteiger partial charge in [-0.2, -0.15) is 8.78 Å². The van der Waals surface area contributed by atoms with Crippen LogP contribution in [0.1, 0.15) is 108 Å². The van der Waals surface area contributed by atoms with E-state index >= 15 is 9.59 Å². The standard InChI is InChI=1S/C56H58BrF2N6O11PS/c1-55(2,3)49(62-51(69)46-29-36-28-37(17-23-45(36)78-46)56(58,59)77(73,74)75)54(72)64-31-40(76-33-34-12-7-6-8-13-34)30-44(64)53(71)63(39-20-18-38(57)19-21-39)27-25-47(66)60-26-10-5-4-9-14-35-15-11-16-41-42(35)32-65(52(41)70)43-22-24-48(67)61-50(43)68/h6-8,11-13,15-21,23,28-29,40,43-44,49H,4-5,10,22,24-27,30-33H2,1-3H3,(H,60,66)(H,62,69)(H,61,67,68)(H2,73,74,75)/t40-,43?,44-,49+/m0/s1. The predicted octanol–water partition coefficient (Wildman–Crippen LogP) is 7.74. The van der Waals surface area contributed by atoms with Gasteiger partial charge in [-0.1, -0.05) is 91.0 Å². The quantitative estimate of drug-likeness (QED) is 0.0246. The number of hydrogen-bond acceptors (Lipinski definition) is 10. The van der Waals surface area contributed by atoms with Crippen molar-refractivity contribution in [2.24, 2.45) is 5.41 Å². The number of unbranched alkanes of at least 4 members (excludes halogenated alkanes) is 2. The van der Waals surface area contributed by atoms with Crippen LogP contribution in [0.25, 0.3) is 10.1 Å². The highest BCUT2D eigenvalue weighted by Crippen LogP contribution is 2.59. The van der Waals surface area contributed by atoms with Gasteiger partial charge in [0.15, 0.2) is 0 Å². The number of thiophene rings is 1. The molecule has 2 saturated heterocycles. The molecule has 3 aliphatic heterocycles. The third kappa shape index (κ3) is 13.2. The van der Waals surface area contributed by atoms with Crippen LogP contribution in [0.4, 0.5) is 14.5 Å². The molecule has 17 nitrogen and oxygen atoms in total. The van der Waals surface area contributed by atoms with Crippen molar-refractivity contribution < 1.29 is 61.4 Å². The second-order valence-electron chi connectivity index (χ2n) is 20.4. The number of anilines is 1. The van der Waals surface area contributed by atoms with Gasteiger partial charge in [-0.25, -0.2) is 0 Å². The number of likely N-dealkylation sites (tertiary alicyclic amines) is 1. The minimum atomic E-state index is -5.86. The van der Waals surface area contributed by atoms with Crippen LogP contribution in [-0.4, -0.2) is 105 Å². The first kappa shape index (κ1) is 57.5. The molecule has 0 aliphatic carbocycles. The summed E-state index contributed by atoms with van der Waals surface area (Å²) in [6.07, 6.45) is 1.56. The molecule has 4 atom stereocenters. The van der Waals surface area contributed by atoms with Crippen molar-refractivity contribution in [3.05, 3.63) is 134 Å². The number of carbonyl (C=O) groups excluding carboxylic acids is 7. The fourth-order valence-corrected chi connectivity index (χ4v) is 11.3. The van der Waals surface area contributed by atoms with Crippen LogP contribution in [0.5, 0.6) is 0 Å². The predicted molar refractivity (Wildman–Crippen MR) is 291 cm³/mol. The highest BCUT2D eigenvalue weighted by molar-refractivity contribution is 9.10. The fourth-order valence-electron chi connectivity index (χ4n) is 9.61. The van der Waals surface area contributed by atoms with E-state index in [-0.39, 0.29) is 79.9 Å². The minimum absolute atomic E-state index is 0.0145. The Morgan fingerprint density at radius 1 is 0.974 bits per heavy atom. The van der Waals surface area contributed by atoms with Crippen LogP contribution in [0.3, 0.4) is 0 Å². The molecule has 3 aliphatic rings. The summed E-state index contributed by atoms with van der Waals surface area (Å²) >= 11 is 4.40. The lowest BCUT2D eigenvalue weighted by atomic mass is 9.85. The van der Waals surface area contributed by atoms with E-state index in [1.807, 2.05) is 36.4 Å². The van der Waals surface area contributed by atoms with Crippen molar-refractivity contribution in [1.29, 1.82) is 0 Å². The lowest BCUT2D eigenvalue weighted by Crippen LogP contribution is -2.58. The number of amides is 7. The van der Waals surface area contributed by atoms with Gasteiger partial charge >= 0.3 is 13.3 Å². The minimum Gasteiger partial charge on any atom is -0.372 e. The Kier molecular flexibility index (Phi) is 17.8. The molecule has 0 bridgehead atoms. The Morgan fingerprint density at radius 3 is 2.42 bits per heavy atom. The summed E-state index contributed by atoms with van der Waals surface area (Å²) in [4.78, 5) is 118. The molecule has 1 aromatic heterocycles. The van der Waals surface area contributed by atoms with E-state index in [1.165, 1.54) is 26.8 Å². The maximum absolute atomic E-state index is 15.1. The summed E-state index contributed by atoms with van der Waals surface area (Å²) in [6.45, 7) is 5.91. The van der Waals surface area contributed by atoms with E-state index < -0.39 is 72.1 Å². The monoisotopic (exact) mass is 1170 g/mol. The zero-order valence-corrected chi connectivity index (χ0v) is 46.2. The lowest BCUT2D eigenvalue weighted by molar-refractivity contribution is -0.141. The maximum Gasteiger partial charge on any atom is 0.399 e. The smallest absolute Gasteiger partial charge is 0.372 e. The highest BCUT2D eigenvalue weighted by atomic mass is 79.9. The average Bonchev–Trinajstić information content (AvgIpc) is 4.13. The Labute approximate surface area is 461 Å². The number of carbonyl (C=O) groups is 7. The number of benzene rings is 4. The van der Waals surface area contributed by atoms with Gasteiger partial charge in [0.2, 0.25) is 29.5 Å². The van der Waals surface area contributed by atoms with Gasteiger partial charge in [0.25, 0.3) is 11.8 Å². The molecule has 2 fully saturated rings. The molecule has 0 saturated carbocycles. The first-order valence-corrected chi connectivity index (χ1v) is 28.6. The molecule has 4 heterocycles. The highest BCUT2D eigenvalue weighted by Gasteiger charge is 2.51. The number of fused-ring (bicyclic) bond motifs is 2. The van der Waals surface area contributed by atoms with Crippen LogP contribution in [0, 0.1) is 17.3 Å². The summed E-state index contributed by atoms with van der Waals surface area (Å²) in [7, 11) is -5.86. The van der Waals surface area contributed by atoms with Crippen LogP contribution in [0.2, 0.25) is 0 Å². The molecule has 0 spiro atoms. The summed E-state index contributed by atoms with van der Waals surface area (Å²) < 4.78 is 48.4. The lowest BCUT2D eigenvalue weighted by Gasteiger charge is -2.36. The van der Waals surface area contributed by atoms with Gasteiger partial charge in [-0.15, -0.1) is 11.3 Å². The number of hydrogen-bond donors (Lipinski definition) is 5. The third-order valence-electron chi connectivity index (χ3n) is 13.8. The van der Waals surface area contributed by atoms with E-state index in [2.05, 4.69) is 43.7 Å². The number of rotatable bonds is 18. The normalized spacial score (nSPS) is 18.0. The molecular formula is C56H58BrF2N6O11PS. The summed E-state index contributed by atoms with van der Waals surface area (Å²) in [5.74, 6) is 3.12. The molecule has 5 N–H and O–H groups in total. The number of ether oxygens (including phenoxy) is 1. The number of nitrogens with one attached hydrogen (secondary N) is 3. The van der Waals surface area contributed by atoms with E-state index in [0.717, 1.165) is 39.1 Å². The molecule has 78 heavy (non-hydrogen) atoms. The first-order valence-electron chi connectivity index (χ1n) is 25.3. The molecule has 1 unspecified atom stereocenters. The van der Waals surface area contributed by atoms with Gasteiger partial charge in [-0.3, -0.25) is 43.4 Å². The average molecular weight is 1170 g/mol. The Morgan fingerprint density at radius 2 is 1.72 bits per heavy atom. The van der Waals surface area contributed by atoms with Crippen molar-refractivity contribution in [3.8, 4) is 11.8 Å². The van der Waals surface area contributed by atoms with E-state index in [1.54, 1.807) is 57.2 Å². The van der Waals surface area contributed by atoms with Gasteiger partial charge in [0.1, 0.15) is 18.1 Å². The largest absolute Gasteiger partial charge is 0.399 e. The first-order chi connectivity index (χ1) is 37.0. The van der Waals surface area contributed by atoms with Crippen molar-refractivity contribution in [3.63, 3.8) is 0 Å². The van der Waals surface area contributed by atoms with Crippen molar-refractivity contribution >= 4 is 92.0 Å². The number of imide groups is 1. The summed E-state index contributed by atoms with van der Waals surface area (Å²) in [5.41, 5.74) is -3.09. The van der Waals surface area contributed by atoms with E-state index in [0.29, 0.717) is 47.3 Å². The molecular weight excluding hydrogens is 1110 g/mol. The number of alkyl halides is 2. The molecule has 4 aromatic carbocycles. The number of piperidine rings is 1. The van der Waals surface area contributed by atoms with Crippen LogP contribution < -0.4 is 20.9 Å². The van der Waals surface area contributed by atoms with Crippen LogP contribution in [0.15, 0.2) is 102 Å². The van der Waals surface area contributed by atoms with Gasteiger partial charge in [0, 0.05) is 83.4 Å². The maximum atomic E-state index is 15.1. The number of nitrogens with zero attached hydrogens (tertiary/aromatic N) is 3. The summed E-state index contributed by atoms with van der Waals surface area (Å²) in [6, 6.07) is 22.9. The van der Waals surface area contributed by atoms with Crippen LogP contribution >= 0.6 is 34.9 Å². The Balaban J connectivity index is 0.928. The van der Waals surface area contributed by atoms with Crippen LogP contribution in [-0.2, 0) is 52.1 Å². The van der Waals surface area contributed by atoms with Gasteiger partial charge < -0.3 is 39.9 Å². The van der Waals surface area contributed by atoms with Crippen molar-refractivity contribution in [2.75, 3.05) is 24.5 Å². The van der Waals surface area contributed by atoms with E-state index in [9.17, 15) is 47.1 Å². The van der Waals surface area contributed by atoms with Gasteiger partial charge in [-0.05, 0) is 95.8 Å². The topological polar surface area (TPSA) is 232 Å². The third-order valence-corrected chi connectivity index (χ3v) is 16.5. The zero-order valence-electron chi connectivity index (χ0n) is 42.9. The Bertz CT molecular complexity index is 3250. The molecule has 410 valence electrons. The molecule has 22 heteroatoms. The van der Waals surface area contributed by atoms with Crippen molar-refractivity contribution in [1.82, 2.24) is 25.8 Å². The fraction of sp³-hybridized carbons (Fsp3) is 0.375. The second kappa shape index (κ2) is 24.1. The molecule has 8 rings (SSSR count). The Hall–Kier alpha value is -6.66. The summed E-state index contributed by atoms with van der Waals surface area (Å²) in [5, 5.41) is 8.21. The molecule has 5 aromatic rings. The SMILES string of the molecule is CC(C)(C)[C@H](NC(=O)c1cc2cc(C(F)(F)P(=O)(O)O)ccc2s1)C(=O)N1C[C@@H](OCc2ccccc2)C[C@H]1C(=O)N(CCC(=O)NCCCCC#Cc1cccc2c1CN(C1CCC(=O)NC1=O)C2=O)c1ccc(Br)cc1. The second-order valence-corrected chi connectivity index (χ2v) is 24.1. The van der Waals surface area contributed by atoms with Crippen molar-refractivity contribution in [2.45, 2.75) is 109 Å². The van der Waals surface area contributed by atoms with Gasteiger partial charge in [0.05, 0.1) is 17.6 Å². The number of halogens is 3. The molecule has 0 radical (unpaired) electrons. The molecule has 7 amide bonds. The van der Waals surface area contributed by atoms with E-state index in [4.69, 9.17) is 4.74 Å². The zero-order chi connectivity index (χ0) is 56.1.